The third kappa shape index (κ3) is 5.16. The molecule has 6 heteroatoms. The van der Waals surface area contributed by atoms with Crippen molar-refractivity contribution in [3.8, 4) is 0 Å². The molecule has 1 saturated heterocycles. The molecule has 0 N–H and O–H groups in total. The highest BCUT2D eigenvalue weighted by Crippen LogP contribution is 2.51. The second kappa shape index (κ2) is 8.15. The van der Waals surface area contributed by atoms with Gasteiger partial charge in [0, 0.05) is 11.8 Å². The summed E-state index contributed by atoms with van der Waals surface area (Å²) in [5.41, 5.74) is 1.27. The Morgan fingerprint density at radius 1 is 1.04 bits per heavy atom. The number of esters is 2. The Labute approximate surface area is 149 Å². The van der Waals surface area contributed by atoms with Gasteiger partial charge in [0.15, 0.2) is 5.79 Å². The molecule has 0 aromatic rings. The van der Waals surface area contributed by atoms with Crippen LogP contribution in [0.5, 0.6) is 0 Å². The second-order valence-electron chi connectivity index (χ2n) is 7.29. The number of rotatable bonds is 7. The normalized spacial score (nSPS) is 21.7. The van der Waals surface area contributed by atoms with Crippen LogP contribution in [-0.2, 0) is 28.5 Å². The quantitative estimate of drug-likeness (QED) is 0.175. The molecular weight excluding hydrogens is 324 g/mol. The van der Waals surface area contributed by atoms with E-state index in [1.54, 1.807) is 6.08 Å². The molecule has 6 nitrogen and oxygen atoms in total. The predicted octanol–water partition coefficient (Wildman–Crippen LogP) is 2.92. The number of allylic oxidation sites excluding steroid dienone is 2. The van der Waals surface area contributed by atoms with E-state index in [1.807, 2.05) is 0 Å². The molecule has 1 spiro atoms. The van der Waals surface area contributed by atoms with Crippen molar-refractivity contribution in [2.24, 2.45) is 5.41 Å². The van der Waals surface area contributed by atoms with Crippen molar-refractivity contribution in [1.29, 1.82) is 0 Å². The largest absolute Gasteiger partial charge is 0.465 e. The van der Waals surface area contributed by atoms with Crippen molar-refractivity contribution in [1.82, 2.24) is 0 Å². The third-order valence-electron chi connectivity index (χ3n) is 4.39. The molecule has 2 aliphatic rings. The summed E-state index contributed by atoms with van der Waals surface area (Å²) in [6.07, 6.45) is 7.99. The zero-order valence-electron chi connectivity index (χ0n) is 15.6. The Balaban J connectivity index is 1.71. The van der Waals surface area contributed by atoms with Crippen LogP contribution in [-0.4, -0.2) is 45.2 Å². The molecule has 1 heterocycles. The van der Waals surface area contributed by atoms with E-state index in [9.17, 15) is 9.59 Å². The van der Waals surface area contributed by atoms with Crippen molar-refractivity contribution in [2.45, 2.75) is 51.7 Å². The van der Waals surface area contributed by atoms with Crippen molar-refractivity contribution >= 4 is 11.9 Å². The van der Waals surface area contributed by atoms with Crippen LogP contribution in [0.2, 0.25) is 0 Å². The Bertz CT molecular complexity index is 544. The van der Waals surface area contributed by atoms with Gasteiger partial charge >= 0.3 is 11.9 Å². The van der Waals surface area contributed by atoms with Gasteiger partial charge in [-0.1, -0.05) is 26.0 Å². The van der Waals surface area contributed by atoms with Gasteiger partial charge in [0.1, 0.15) is 5.57 Å². The summed E-state index contributed by atoms with van der Waals surface area (Å²) in [6.45, 7) is 5.71. The first-order valence-corrected chi connectivity index (χ1v) is 8.68. The molecule has 0 unspecified atom stereocenters. The van der Waals surface area contributed by atoms with Crippen LogP contribution < -0.4 is 0 Å². The lowest BCUT2D eigenvalue weighted by Gasteiger charge is -2.34. The Morgan fingerprint density at radius 2 is 1.60 bits per heavy atom. The number of ether oxygens (including phenoxy) is 4. The Morgan fingerprint density at radius 3 is 2.16 bits per heavy atom. The van der Waals surface area contributed by atoms with Crippen LogP contribution >= 0.6 is 0 Å². The first kappa shape index (κ1) is 19.7. The number of methoxy groups -OCH3 is 2. The van der Waals surface area contributed by atoms with E-state index in [-0.39, 0.29) is 11.0 Å². The SMILES string of the molecule is COC(=O)C(=CCCCC/C=C1\CC12OCC(C)(C)CO2)C(=O)OC. The minimum Gasteiger partial charge on any atom is -0.465 e. The summed E-state index contributed by atoms with van der Waals surface area (Å²) in [5, 5.41) is 0. The van der Waals surface area contributed by atoms with E-state index in [0.717, 1.165) is 38.9 Å². The van der Waals surface area contributed by atoms with Gasteiger partial charge < -0.3 is 18.9 Å². The van der Waals surface area contributed by atoms with E-state index in [1.165, 1.54) is 19.8 Å². The zero-order chi connectivity index (χ0) is 18.5. The lowest BCUT2D eigenvalue weighted by molar-refractivity contribution is -0.233. The number of hydrogen-bond acceptors (Lipinski definition) is 6. The maximum absolute atomic E-state index is 11.5. The second-order valence-corrected chi connectivity index (χ2v) is 7.29. The smallest absolute Gasteiger partial charge is 0.344 e. The maximum atomic E-state index is 11.5. The average Bonchev–Trinajstić information content (AvgIpc) is 3.29. The van der Waals surface area contributed by atoms with Gasteiger partial charge in [-0.25, -0.2) is 9.59 Å². The molecule has 0 aromatic carbocycles. The first-order chi connectivity index (χ1) is 11.8. The number of hydrogen-bond donors (Lipinski definition) is 0. The highest BCUT2D eigenvalue weighted by atomic mass is 16.7. The summed E-state index contributed by atoms with van der Waals surface area (Å²) in [5.74, 6) is -1.77. The summed E-state index contributed by atoms with van der Waals surface area (Å²) in [6, 6.07) is 0. The molecule has 1 aliphatic carbocycles. The molecule has 0 radical (unpaired) electrons. The molecule has 0 bridgehead atoms. The van der Waals surface area contributed by atoms with Gasteiger partial charge in [0.25, 0.3) is 0 Å². The third-order valence-corrected chi connectivity index (χ3v) is 4.39. The average molecular weight is 352 g/mol. The summed E-state index contributed by atoms with van der Waals surface area (Å²) in [7, 11) is 2.49. The topological polar surface area (TPSA) is 71.1 Å². The monoisotopic (exact) mass is 352 g/mol. The summed E-state index contributed by atoms with van der Waals surface area (Å²) in [4.78, 5) is 23.0. The zero-order valence-corrected chi connectivity index (χ0v) is 15.6. The highest BCUT2D eigenvalue weighted by molar-refractivity contribution is 6.13. The first-order valence-electron chi connectivity index (χ1n) is 8.68. The van der Waals surface area contributed by atoms with Crippen molar-refractivity contribution in [3.05, 3.63) is 23.3 Å². The molecule has 2 fully saturated rings. The van der Waals surface area contributed by atoms with Crippen LogP contribution in [0.15, 0.2) is 23.3 Å². The molecule has 1 saturated carbocycles. The van der Waals surface area contributed by atoms with Crippen molar-refractivity contribution in [2.75, 3.05) is 27.4 Å². The standard InChI is InChI=1S/C19H28O6/c1-18(2)12-24-19(25-13-18)11-14(19)9-7-5-6-8-10-15(16(20)22-3)17(21)23-4/h9-10H,5-8,11-13H2,1-4H3/b14-9+. The minimum atomic E-state index is -0.664. The lowest BCUT2D eigenvalue weighted by atomic mass is 9.95. The highest BCUT2D eigenvalue weighted by Gasteiger charge is 2.55. The minimum absolute atomic E-state index is 0.0453. The maximum Gasteiger partial charge on any atom is 0.344 e. The summed E-state index contributed by atoms with van der Waals surface area (Å²) >= 11 is 0. The summed E-state index contributed by atoms with van der Waals surface area (Å²) < 4.78 is 20.9. The van der Waals surface area contributed by atoms with Gasteiger partial charge in [-0.3, -0.25) is 0 Å². The molecule has 2 rings (SSSR count). The van der Waals surface area contributed by atoms with Gasteiger partial charge in [-0.2, -0.15) is 0 Å². The number of carbonyl (C=O) groups excluding carboxylic acids is 2. The number of unbranched alkanes of at least 4 members (excludes halogenated alkanes) is 3. The van der Waals surface area contributed by atoms with Crippen LogP contribution in [0.25, 0.3) is 0 Å². The Kier molecular flexibility index (Phi) is 6.41. The fourth-order valence-corrected chi connectivity index (χ4v) is 2.71. The van der Waals surface area contributed by atoms with E-state index in [2.05, 4.69) is 29.4 Å². The van der Waals surface area contributed by atoms with Crippen LogP contribution in [0.4, 0.5) is 0 Å². The van der Waals surface area contributed by atoms with Crippen molar-refractivity contribution < 1.29 is 28.5 Å². The van der Waals surface area contributed by atoms with Gasteiger partial charge in [0.2, 0.25) is 0 Å². The molecular formula is C19H28O6. The predicted molar refractivity (Wildman–Crippen MR) is 91.7 cm³/mol. The molecule has 0 atom stereocenters. The molecule has 1 aliphatic heterocycles. The Hall–Kier alpha value is -1.66. The van der Waals surface area contributed by atoms with Crippen LogP contribution in [0, 0.1) is 5.41 Å². The van der Waals surface area contributed by atoms with Crippen LogP contribution in [0.3, 0.4) is 0 Å². The molecule has 25 heavy (non-hydrogen) atoms. The molecule has 0 amide bonds. The van der Waals surface area contributed by atoms with E-state index in [0.29, 0.717) is 6.42 Å². The van der Waals surface area contributed by atoms with E-state index < -0.39 is 17.7 Å². The lowest BCUT2D eigenvalue weighted by Crippen LogP contribution is -2.39. The van der Waals surface area contributed by atoms with Crippen molar-refractivity contribution in [3.63, 3.8) is 0 Å². The van der Waals surface area contributed by atoms with E-state index in [4.69, 9.17) is 9.47 Å². The molecule has 140 valence electrons. The van der Waals surface area contributed by atoms with Gasteiger partial charge in [-0.15, -0.1) is 0 Å². The van der Waals surface area contributed by atoms with Gasteiger partial charge in [-0.05, 0) is 31.3 Å². The van der Waals surface area contributed by atoms with E-state index >= 15 is 0 Å². The van der Waals surface area contributed by atoms with Gasteiger partial charge in [0.05, 0.1) is 27.4 Å². The van der Waals surface area contributed by atoms with Crippen LogP contribution in [0.1, 0.15) is 46.0 Å². The fraction of sp³-hybridized carbons (Fsp3) is 0.684. The molecule has 0 aromatic heterocycles. The number of carbonyl (C=O) groups is 2. The fourth-order valence-electron chi connectivity index (χ4n) is 2.71.